The van der Waals surface area contributed by atoms with Crippen molar-refractivity contribution in [2.24, 2.45) is 11.8 Å². The average molecular weight is 226 g/mol. The highest BCUT2D eigenvalue weighted by Gasteiger charge is 2.69. The first-order valence-electron chi connectivity index (χ1n) is 5.01. The van der Waals surface area contributed by atoms with E-state index in [-0.39, 0.29) is 0 Å². The van der Waals surface area contributed by atoms with E-state index < -0.39 is 23.7 Å². The van der Waals surface area contributed by atoms with Crippen LogP contribution in [0.4, 0.5) is 14.5 Å². The fourth-order valence-corrected chi connectivity index (χ4v) is 1.75. The van der Waals surface area contributed by atoms with Gasteiger partial charge in [-0.2, -0.15) is 0 Å². The number of anilines is 1. The quantitative estimate of drug-likeness (QED) is 0.772. The Morgan fingerprint density at radius 3 is 2.62 bits per heavy atom. The third kappa shape index (κ3) is 1.56. The molecule has 0 unspecified atom stereocenters. The molecule has 0 radical (unpaired) electrons. The van der Waals surface area contributed by atoms with Crippen molar-refractivity contribution in [3.63, 3.8) is 0 Å². The van der Waals surface area contributed by atoms with Gasteiger partial charge in [0.1, 0.15) is 5.92 Å². The largest absolute Gasteiger partial charge is 0.314 e. The van der Waals surface area contributed by atoms with E-state index in [1.807, 2.05) is 0 Å². The van der Waals surface area contributed by atoms with Crippen LogP contribution in [0.3, 0.4) is 0 Å². The number of hydrogen-bond acceptors (Lipinski definition) is 2. The number of aromatic nitrogens is 1. The average Bonchev–Trinajstić information content (AvgIpc) is 2.77. The second-order valence-electron chi connectivity index (χ2n) is 4.05. The molecule has 3 nitrogen and oxygen atoms in total. The summed E-state index contributed by atoms with van der Waals surface area (Å²) < 4.78 is 26.1. The van der Waals surface area contributed by atoms with Crippen LogP contribution >= 0.6 is 0 Å². The molecule has 1 aromatic rings. The van der Waals surface area contributed by atoms with Crippen LogP contribution in [-0.4, -0.2) is 23.9 Å². The van der Waals surface area contributed by atoms with Crippen molar-refractivity contribution in [3.8, 4) is 0 Å². The van der Waals surface area contributed by atoms with Gasteiger partial charge in [-0.1, -0.05) is 6.92 Å². The van der Waals surface area contributed by atoms with Gasteiger partial charge >= 0.3 is 0 Å². The molecular formula is C11H12F2N2O. The van der Waals surface area contributed by atoms with Gasteiger partial charge in [0.25, 0.3) is 5.92 Å². The molecule has 0 bridgehead atoms. The molecular weight excluding hydrogens is 214 g/mol. The Kier molecular flexibility index (Phi) is 2.40. The minimum absolute atomic E-state index is 0.530. The topological polar surface area (TPSA) is 33.2 Å². The Balaban J connectivity index is 2.13. The minimum atomic E-state index is -2.85. The Bertz CT molecular complexity index is 408. The summed E-state index contributed by atoms with van der Waals surface area (Å²) in [5, 5.41) is 0. The zero-order valence-corrected chi connectivity index (χ0v) is 9.02. The van der Waals surface area contributed by atoms with E-state index in [4.69, 9.17) is 0 Å². The summed E-state index contributed by atoms with van der Waals surface area (Å²) in [5.74, 6) is -5.45. The summed E-state index contributed by atoms with van der Waals surface area (Å²) in [5.41, 5.74) is 0.530. The van der Waals surface area contributed by atoms with Gasteiger partial charge in [0.05, 0.1) is 11.9 Å². The highest BCUT2D eigenvalue weighted by Crippen LogP contribution is 2.55. The Labute approximate surface area is 92.1 Å². The van der Waals surface area contributed by atoms with Crippen LogP contribution in [0.2, 0.25) is 0 Å². The molecule has 2 atom stereocenters. The molecule has 1 aliphatic rings. The van der Waals surface area contributed by atoms with E-state index in [2.05, 4.69) is 4.98 Å². The molecule has 1 amide bonds. The maximum Gasteiger partial charge on any atom is 0.263 e. The van der Waals surface area contributed by atoms with Crippen molar-refractivity contribution >= 4 is 11.6 Å². The van der Waals surface area contributed by atoms with Crippen LogP contribution in [0.15, 0.2) is 24.5 Å². The first kappa shape index (κ1) is 11.0. The number of alkyl halides is 2. The van der Waals surface area contributed by atoms with Crippen molar-refractivity contribution in [3.05, 3.63) is 24.5 Å². The van der Waals surface area contributed by atoms with Gasteiger partial charge < -0.3 is 4.90 Å². The van der Waals surface area contributed by atoms with Gasteiger partial charge in [-0.05, 0) is 12.1 Å². The second kappa shape index (κ2) is 3.50. The fourth-order valence-electron chi connectivity index (χ4n) is 1.75. The van der Waals surface area contributed by atoms with Gasteiger partial charge in [0.2, 0.25) is 5.91 Å². The zero-order chi connectivity index (χ0) is 11.9. The van der Waals surface area contributed by atoms with E-state index in [1.165, 1.54) is 25.1 Å². The SMILES string of the molecule is C[C@H]1[C@@H](C(=O)N(C)c2cccnc2)C1(F)F. The third-order valence-corrected chi connectivity index (χ3v) is 3.04. The van der Waals surface area contributed by atoms with E-state index in [0.717, 1.165) is 0 Å². The second-order valence-corrected chi connectivity index (χ2v) is 4.05. The van der Waals surface area contributed by atoms with Crippen molar-refractivity contribution in [1.82, 2.24) is 4.98 Å². The van der Waals surface area contributed by atoms with Crippen LogP contribution in [0, 0.1) is 11.8 Å². The molecule has 1 aromatic heterocycles. The molecule has 5 heteroatoms. The van der Waals surface area contributed by atoms with Crippen LogP contribution in [0.1, 0.15) is 6.92 Å². The molecule has 0 aliphatic heterocycles. The van der Waals surface area contributed by atoms with Gasteiger partial charge in [-0.3, -0.25) is 9.78 Å². The maximum absolute atomic E-state index is 13.1. The molecule has 0 aromatic carbocycles. The van der Waals surface area contributed by atoms with Gasteiger partial charge in [0, 0.05) is 19.2 Å². The molecule has 2 rings (SSSR count). The molecule has 0 saturated heterocycles. The summed E-state index contributed by atoms with van der Waals surface area (Å²) in [6, 6.07) is 3.32. The predicted molar refractivity (Wildman–Crippen MR) is 55.2 cm³/mol. The van der Waals surface area contributed by atoms with Crippen molar-refractivity contribution < 1.29 is 13.6 Å². The zero-order valence-electron chi connectivity index (χ0n) is 9.02. The van der Waals surface area contributed by atoms with E-state index in [0.29, 0.717) is 5.69 Å². The maximum atomic E-state index is 13.1. The minimum Gasteiger partial charge on any atom is -0.314 e. The molecule has 86 valence electrons. The van der Waals surface area contributed by atoms with Crippen molar-refractivity contribution in [2.45, 2.75) is 12.8 Å². The van der Waals surface area contributed by atoms with E-state index in [9.17, 15) is 13.6 Å². The summed E-state index contributed by atoms with van der Waals surface area (Å²) >= 11 is 0. The molecule has 0 N–H and O–H groups in total. The van der Waals surface area contributed by atoms with Gasteiger partial charge in [0.15, 0.2) is 0 Å². The van der Waals surface area contributed by atoms with Crippen LogP contribution in [0.25, 0.3) is 0 Å². The highest BCUT2D eigenvalue weighted by molar-refractivity contribution is 5.97. The normalized spacial score (nSPS) is 26.2. The van der Waals surface area contributed by atoms with Crippen molar-refractivity contribution in [2.75, 3.05) is 11.9 Å². The van der Waals surface area contributed by atoms with Crippen LogP contribution in [-0.2, 0) is 4.79 Å². The lowest BCUT2D eigenvalue weighted by molar-refractivity contribution is -0.121. The summed E-state index contributed by atoms with van der Waals surface area (Å²) in [6.45, 7) is 1.39. The number of halogens is 2. The molecule has 1 saturated carbocycles. The number of carbonyl (C=O) groups is 1. The highest BCUT2D eigenvalue weighted by atomic mass is 19.3. The Morgan fingerprint density at radius 1 is 1.56 bits per heavy atom. The fraction of sp³-hybridized carbons (Fsp3) is 0.455. The van der Waals surface area contributed by atoms with E-state index >= 15 is 0 Å². The predicted octanol–water partition coefficient (Wildman–Crippen LogP) is 1.95. The summed E-state index contributed by atoms with van der Waals surface area (Å²) in [6.07, 6.45) is 3.04. The van der Waals surface area contributed by atoms with Crippen LogP contribution < -0.4 is 4.90 Å². The van der Waals surface area contributed by atoms with E-state index in [1.54, 1.807) is 18.3 Å². The lowest BCUT2D eigenvalue weighted by Gasteiger charge is -2.16. The standard InChI is InChI=1S/C11H12F2N2O/c1-7-9(11(7,12)13)10(16)15(2)8-4-3-5-14-6-8/h3-7,9H,1-2H3/t7-,9-/m0/s1. The van der Waals surface area contributed by atoms with Gasteiger partial charge in [-0.15, -0.1) is 0 Å². The summed E-state index contributed by atoms with van der Waals surface area (Å²) in [7, 11) is 1.49. The Morgan fingerprint density at radius 2 is 2.19 bits per heavy atom. The molecule has 0 spiro atoms. The lowest BCUT2D eigenvalue weighted by atomic mass is 10.3. The number of hydrogen-bond donors (Lipinski definition) is 0. The van der Waals surface area contributed by atoms with Crippen LogP contribution in [0.5, 0.6) is 0 Å². The smallest absolute Gasteiger partial charge is 0.263 e. The monoisotopic (exact) mass is 226 g/mol. The number of nitrogens with zero attached hydrogens (tertiary/aromatic N) is 2. The number of pyridine rings is 1. The molecule has 1 aliphatic carbocycles. The summed E-state index contributed by atoms with van der Waals surface area (Å²) in [4.78, 5) is 16.8. The molecule has 1 heterocycles. The molecule has 1 fully saturated rings. The van der Waals surface area contributed by atoms with Gasteiger partial charge in [-0.25, -0.2) is 8.78 Å². The number of carbonyl (C=O) groups excluding carboxylic acids is 1. The molecule has 16 heavy (non-hydrogen) atoms. The third-order valence-electron chi connectivity index (χ3n) is 3.04. The Hall–Kier alpha value is -1.52. The lowest BCUT2D eigenvalue weighted by Crippen LogP contribution is -2.29. The first-order valence-corrected chi connectivity index (χ1v) is 5.01. The van der Waals surface area contributed by atoms with Crippen molar-refractivity contribution in [1.29, 1.82) is 0 Å². The number of rotatable bonds is 2. The first-order chi connectivity index (χ1) is 7.46. The number of amides is 1.